The topological polar surface area (TPSA) is 72.0 Å². The molecule has 0 aromatic carbocycles. The normalized spacial score (nSPS) is 19.2. The lowest BCUT2D eigenvalue weighted by molar-refractivity contribution is 0.00683. The second-order valence-electron chi connectivity index (χ2n) is 7.54. The van der Waals surface area contributed by atoms with Gasteiger partial charge in [0.25, 0.3) is 0 Å². The largest absolute Gasteiger partial charge is 0.380 e. The zero-order valence-electron chi connectivity index (χ0n) is 15.1. The maximum atomic E-state index is 5.32. The molecule has 0 unspecified atom stereocenters. The zero-order chi connectivity index (χ0) is 17.2. The summed E-state index contributed by atoms with van der Waals surface area (Å²) in [4.78, 5) is 14.2. The van der Waals surface area contributed by atoms with Crippen molar-refractivity contribution in [3.05, 3.63) is 18.0 Å². The van der Waals surface area contributed by atoms with Gasteiger partial charge in [0.2, 0.25) is 5.95 Å². The molecule has 3 heterocycles. The van der Waals surface area contributed by atoms with Crippen LogP contribution in [0.2, 0.25) is 0 Å². The fraction of sp³-hybridized carbons (Fsp3) is 0.632. The number of nitrogens with one attached hydrogen (secondary N) is 2. The second kappa shape index (κ2) is 7.12. The first-order valence-corrected chi connectivity index (χ1v) is 9.47. The van der Waals surface area contributed by atoms with Gasteiger partial charge >= 0.3 is 0 Å². The van der Waals surface area contributed by atoms with Crippen LogP contribution in [0.3, 0.4) is 0 Å². The van der Waals surface area contributed by atoms with Gasteiger partial charge in [0.15, 0.2) is 5.82 Å². The fourth-order valence-electron chi connectivity index (χ4n) is 3.55. The molecule has 0 bridgehead atoms. The molecule has 0 atom stereocenters. The zero-order valence-corrected chi connectivity index (χ0v) is 15.1. The standard InChI is InChI=1S/C19H27N5O/c1-12(2)21-18-17-13(8-16(23-18)14-10-25-11-14)9-20-19(24-17)22-15-6-4-3-5-7-15/h8-9,12,14-15H,3-7,10-11H2,1-2H3,(H,21,23)(H,20,22,24). The summed E-state index contributed by atoms with van der Waals surface area (Å²) >= 11 is 0. The highest BCUT2D eigenvalue weighted by Gasteiger charge is 2.24. The molecule has 0 spiro atoms. The quantitative estimate of drug-likeness (QED) is 0.864. The minimum atomic E-state index is 0.299. The highest BCUT2D eigenvalue weighted by molar-refractivity contribution is 5.89. The molecule has 25 heavy (non-hydrogen) atoms. The van der Waals surface area contributed by atoms with Gasteiger partial charge < -0.3 is 15.4 Å². The summed E-state index contributed by atoms with van der Waals surface area (Å²) in [6, 6.07) is 2.90. The van der Waals surface area contributed by atoms with Crippen LogP contribution in [0, 0.1) is 0 Å². The highest BCUT2D eigenvalue weighted by Crippen LogP contribution is 2.29. The number of anilines is 2. The van der Waals surface area contributed by atoms with Crippen molar-refractivity contribution in [2.24, 2.45) is 0 Å². The smallest absolute Gasteiger partial charge is 0.223 e. The van der Waals surface area contributed by atoms with E-state index in [4.69, 9.17) is 14.7 Å². The number of aromatic nitrogens is 3. The molecular formula is C19H27N5O. The van der Waals surface area contributed by atoms with E-state index in [9.17, 15) is 0 Å². The fourth-order valence-corrected chi connectivity index (χ4v) is 3.55. The molecule has 2 aromatic rings. The third-order valence-corrected chi connectivity index (χ3v) is 5.01. The van der Waals surface area contributed by atoms with Crippen LogP contribution >= 0.6 is 0 Å². The van der Waals surface area contributed by atoms with Gasteiger partial charge in [0, 0.05) is 29.6 Å². The number of nitrogens with zero attached hydrogens (tertiary/aromatic N) is 3. The Morgan fingerprint density at radius 2 is 1.92 bits per heavy atom. The maximum absolute atomic E-state index is 5.32. The third kappa shape index (κ3) is 3.68. The van der Waals surface area contributed by atoms with Crippen LogP contribution in [0.25, 0.3) is 10.9 Å². The van der Waals surface area contributed by atoms with E-state index in [0.717, 1.165) is 35.6 Å². The van der Waals surface area contributed by atoms with Gasteiger partial charge in [-0.3, -0.25) is 0 Å². The maximum Gasteiger partial charge on any atom is 0.223 e. The molecule has 0 amide bonds. The number of pyridine rings is 1. The second-order valence-corrected chi connectivity index (χ2v) is 7.54. The highest BCUT2D eigenvalue weighted by atomic mass is 16.5. The Morgan fingerprint density at radius 3 is 2.60 bits per heavy atom. The third-order valence-electron chi connectivity index (χ3n) is 5.01. The first kappa shape index (κ1) is 16.5. The van der Waals surface area contributed by atoms with Gasteiger partial charge in [-0.1, -0.05) is 19.3 Å². The van der Waals surface area contributed by atoms with E-state index in [1.54, 1.807) is 0 Å². The van der Waals surface area contributed by atoms with Gasteiger partial charge in [-0.2, -0.15) is 0 Å². The number of fused-ring (bicyclic) bond motifs is 1. The van der Waals surface area contributed by atoms with Crippen molar-refractivity contribution in [2.45, 2.75) is 64.0 Å². The van der Waals surface area contributed by atoms with E-state index in [1.165, 1.54) is 32.1 Å². The first-order valence-electron chi connectivity index (χ1n) is 9.47. The van der Waals surface area contributed by atoms with Crippen LogP contribution in [0.5, 0.6) is 0 Å². The summed E-state index contributed by atoms with van der Waals surface area (Å²) in [6.07, 6.45) is 8.26. The van der Waals surface area contributed by atoms with Crippen LogP contribution < -0.4 is 10.6 Å². The van der Waals surface area contributed by atoms with Gasteiger partial charge in [0.05, 0.1) is 18.9 Å². The molecule has 2 fully saturated rings. The van der Waals surface area contributed by atoms with Gasteiger partial charge in [0.1, 0.15) is 5.52 Å². The lowest BCUT2D eigenvalue weighted by Gasteiger charge is -2.26. The summed E-state index contributed by atoms with van der Waals surface area (Å²) in [6.45, 7) is 5.74. The Kier molecular flexibility index (Phi) is 4.70. The predicted molar refractivity (Wildman–Crippen MR) is 100 cm³/mol. The van der Waals surface area contributed by atoms with Crippen LogP contribution in [0.4, 0.5) is 11.8 Å². The summed E-state index contributed by atoms with van der Waals surface area (Å²) in [5, 5.41) is 8.00. The Hall–Kier alpha value is -1.95. The van der Waals surface area contributed by atoms with Crippen LogP contribution in [-0.4, -0.2) is 40.2 Å². The molecule has 1 aliphatic carbocycles. The predicted octanol–water partition coefficient (Wildman–Crippen LogP) is 3.70. The molecule has 4 rings (SSSR count). The Morgan fingerprint density at radius 1 is 1.12 bits per heavy atom. The average molecular weight is 341 g/mol. The van der Waals surface area contributed by atoms with Gasteiger partial charge in [-0.25, -0.2) is 15.0 Å². The van der Waals surface area contributed by atoms with Crippen molar-refractivity contribution >= 4 is 22.7 Å². The van der Waals surface area contributed by atoms with E-state index in [0.29, 0.717) is 23.9 Å². The lowest BCUT2D eigenvalue weighted by atomic mass is 9.96. The van der Waals surface area contributed by atoms with Gasteiger partial charge in [-0.15, -0.1) is 0 Å². The number of hydrogen-bond donors (Lipinski definition) is 2. The Labute approximate surface area is 148 Å². The number of ether oxygens (including phenoxy) is 1. The summed E-state index contributed by atoms with van der Waals surface area (Å²) < 4.78 is 5.32. The molecule has 1 aliphatic heterocycles. The van der Waals surface area contributed by atoms with Crippen molar-refractivity contribution in [1.29, 1.82) is 0 Å². The molecular weight excluding hydrogens is 314 g/mol. The molecule has 2 aromatic heterocycles. The van der Waals surface area contributed by atoms with Crippen molar-refractivity contribution in [2.75, 3.05) is 23.8 Å². The molecule has 0 radical (unpaired) electrons. The molecule has 6 heteroatoms. The SMILES string of the molecule is CC(C)Nc1nc(C2COC2)cc2cnc(NC3CCCCC3)nc12. The Balaban J connectivity index is 1.66. The molecule has 6 nitrogen and oxygen atoms in total. The minimum absolute atomic E-state index is 0.299. The monoisotopic (exact) mass is 341 g/mol. The van der Waals surface area contributed by atoms with Gasteiger partial charge in [-0.05, 0) is 32.8 Å². The van der Waals surface area contributed by atoms with E-state index >= 15 is 0 Å². The van der Waals surface area contributed by atoms with Crippen LogP contribution in [0.1, 0.15) is 57.6 Å². The molecule has 2 N–H and O–H groups in total. The Bertz CT molecular complexity index is 738. The van der Waals surface area contributed by atoms with Crippen LogP contribution in [-0.2, 0) is 4.74 Å². The lowest BCUT2D eigenvalue weighted by Crippen LogP contribution is -2.26. The molecule has 1 saturated heterocycles. The summed E-state index contributed by atoms with van der Waals surface area (Å²) in [5.41, 5.74) is 1.96. The first-order chi connectivity index (χ1) is 12.2. The van der Waals surface area contributed by atoms with E-state index < -0.39 is 0 Å². The van der Waals surface area contributed by atoms with E-state index in [1.807, 2.05) is 6.20 Å². The summed E-state index contributed by atoms with van der Waals surface area (Å²) in [7, 11) is 0. The number of rotatable bonds is 5. The van der Waals surface area contributed by atoms with E-state index in [2.05, 4.69) is 35.5 Å². The molecule has 1 saturated carbocycles. The van der Waals surface area contributed by atoms with Crippen molar-refractivity contribution in [3.8, 4) is 0 Å². The minimum Gasteiger partial charge on any atom is -0.380 e. The molecule has 134 valence electrons. The van der Waals surface area contributed by atoms with Crippen molar-refractivity contribution < 1.29 is 4.74 Å². The summed E-state index contributed by atoms with van der Waals surface area (Å²) in [5.74, 6) is 1.95. The van der Waals surface area contributed by atoms with Crippen molar-refractivity contribution in [3.63, 3.8) is 0 Å². The number of hydrogen-bond acceptors (Lipinski definition) is 6. The van der Waals surface area contributed by atoms with E-state index in [-0.39, 0.29) is 0 Å². The average Bonchev–Trinajstić information content (AvgIpc) is 2.54. The molecule has 2 aliphatic rings. The van der Waals surface area contributed by atoms with Crippen LogP contribution in [0.15, 0.2) is 12.3 Å². The van der Waals surface area contributed by atoms with Crippen molar-refractivity contribution in [1.82, 2.24) is 15.0 Å².